The van der Waals surface area contributed by atoms with E-state index in [4.69, 9.17) is 0 Å². The van der Waals surface area contributed by atoms with E-state index in [0.717, 1.165) is 19.3 Å². The van der Waals surface area contributed by atoms with Crippen LogP contribution in [0, 0.1) is 5.92 Å². The SMILES string of the molecule is O=S(=O)(CC[C]1CCCCC1)c1ccc(C2CCCCC2)cc1. The van der Waals surface area contributed by atoms with E-state index in [9.17, 15) is 8.42 Å². The van der Waals surface area contributed by atoms with E-state index in [1.165, 1.54) is 62.8 Å². The molecule has 0 spiro atoms. The van der Waals surface area contributed by atoms with Crippen molar-refractivity contribution in [3.05, 3.63) is 35.7 Å². The lowest BCUT2D eigenvalue weighted by Gasteiger charge is -2.22. The van der Waals surface area contributed by atoms with Gasteiger partial charge in [-0.25, -0.2) is 8.42 Å². The van der Waals surface area contributed by atoms with E-state index < -0.39 is 9.84 Å². The van der Waals surface area contributed by atoms with Gasteiger partial charge < -0.3 is 0 Å². The summed E-state index contributed by atoms with van der Waals surface area (Å²) in [6, 6.07) is 7.78. The summed E-state index contributed by atoms with van der Waals surface area (Å²) in [5.74, 6) is 2.38. The third-order valence-corrected chi connectivity index (χ3v) is 7.33. The van der Waals surface area contributed by atoms with Gasteiger partial charge in [-0.15, -0.1) is 0 Å². The molecule has 2 aliphatic carbocycles. The van der Waals surface area contributed by atoms with Crippen LogP contribution in [0.4, 0.5) is 0 Å². The number of hydrogen-bond donors (Lipinski definition) is 0. The van der Waals surface area contributed by atoms with Gasteiger partial charge in [-0.05, 0) is 61.6 Å². The Kier molecular flexibility index (Phi) is 5.79. The van der Waals surface area contributed by atoms with Gasteiger partial charge in [-0.2, -0.15) is 0 Å². The van der Waals surface area contributed by atoms with Crippen molar-refractivity contribution < 1.29 is 8.42 Å². The summed E-state index contributed by atoms with van der Waals surface area (Å²) in [6.07, 6.45) is 13.3. The molecule has 2 nitrogen and oxygen atoms in total. The van der Waals surface area contributed by atoms with E-state index >= 15 is 0 Å². The molecule has 1 aromatic carbocycles. The van der Waals surface area contributed by atoms with Crippen molar-refractivity contribution in [2.24, 2.45) is 0 Å². The highest BCUT2D eigenvalue weighted by molar-refractivity contribution is 7.91. The maximum atomic E-state index is 12.5. The second-order valence-electron chi connectivity index (χ2n) is 7.28. The highest BCUT2D eigenvalue weighted by atomic mass is 32.2. The lowest BCUT2D eigenvalue weighted by molar-refractivity contribution is 0.443. The molecule has 0 bridgehead atoms. The summed E-state index contributed by atoms with van der Waals surface area (Å²) < 4.78 is 25.1. The Morgan fingerprint density at radius 1 is 0.826 bits per heavy atom. The van der Waals surface area contributed by atoms with Crippen LogP contribution >= 0.6 is 0 Å². The predicted octanol–water partition coefficient (Wildman–Crippen LogP) is 5.44. The molecule has 0 unspecified atom stereocenters. The second kappa shape index (κ2) is 7.83. The highest BCUT2D eigenvalue weighted by Gasteiger charge is 2.21. The smallest absolute Gasteiger partial charge is 0.178 e. The summed E-state index contributed by atoms with van der Waals surface area (Å²) in [5, 5.41) is 0. The van der Waals surface area contributed by atoms with Crippen LogP contribution in [-0.2, 0) is 9.84 Å². The van der Waals surface area contributed by atoms with Gasteiger partial charge in [0, 0.05) is 0 Å². The first-order chi connectivity index (χ1) is 11.1. The van der Waals surface area contributed by atoms with Gasteiger partial charge in [0.25, 0.3) is 0 Å². The Morgan fingerprint density at radius 3 is 2.09 bits per heavy atom. The average Bonchev–Trinajstić information content (AvgIpc) is 2.62. The van der Waals surface area contributed by atoms with Crippen LogP contribution in [0.2, 0.25) is 0 Å². The summed E-state index contributed by atoms with van der Waals surface area (Å²) in [6.45, 7) is 0. The molecule has 3 heteroatoms. The Hall–Kier alpha value is -0.830. The zero-order valence-electron chi connectivity index (χ0n) is 14.1. The number of benzene rings is 1. The quantitative estimate of drug-likeness (QED) is 0.719. The molecule has 23 heavy (non-hydrogen) atoms. The fourth-order valence-electron chi connectivity index (χ4n) is 4.08. The zero-order valence-corrected chi connectivity index (χ0v) is 14.9. The fourth-order valence-corrected chi connectivity index (χ4v) is 5.43. The second-order valence-corrected chi connectivity index (χ2v) is 9.39. The van der Waals surface area contributed by atoms with E-state index in [2.05, 4.69) is 12.1 Å². The molecule has 0 amide bonds. The molecule has 0 heterocycles. The van der Waals surface area contributed by atoms with Crippen LogP contribution in [0.15, 0.2) is 29.2 Å². The highest BCUT2D eigenvalue weighted by Crippen LogP contribution is 2.33. The van der Waals surface area contributed by atoms with Crippen molar-refractivity contribution in [3.63, 3.8) is 0 Å². The molecule has 2 aliphatic rings. The third-order valence-electron chi connectivity index (χ3n) is 5.60. The molecule has 127 valence electrons. The topological polar surface area (TPSA) is 34.1 Å². The van der Waals surface area contributed by atoms with Crippen molar-refractivity contribution in [1.82, 2.24) is 0 Å². The largest absolute Gasteiger partial charge is 0.224 e. The first-order valence-electron chi connectivity index (χ1n) is 9.31. The van der Waals surface area contributed by atoms with Crippen LogP contribution in [0.1, 0.15) is 82.1 Å². The van der Waals surface area contributed by atoms with Gasteiger partial charge in [-0.3, -0.25) is 0 Å². The van der Waals surface area contributed by atoms with Crippen LogP contribution in [0.3, 0.4) is 0 Å². The molecule has 2 saturated carbocycles. The Balaban J connectivity index is 1.60. The molecule has 0 aliphatic heterocycles. The van der Waals surface area contributed by atoms with E-state index in [1.54, 1.807) is 0 Å². The average molecular weight is 334 g/mol. The lowest BCUT2D eigenvalue weighted by Crippen LogP contribution is -2.13. The Morgan fingerprint density at radius 2 is 1.43 bits per heavy atom. The Labute approximate surface area is 141 Å². The molecule has 0 aromatic heterocycles. The lowest BCUT2D eigenvalue weighted by atomic mass is 9.84. The summed E-state index contributed by atoms with van der Waals surface area (Å²) in [7, 11) is -3.13. The molecular formula is C20H29O2S. The first kappa shape index (κ1) is 17.0. The van der Waals surface area contributed by atoms with Crippen molar-refractivity contribution in [2.45, 2.75) is 81.4 Å². The predicted molar refractivity (Wildman–Crippen MR) is 95.3 cm³/mol. The monoisotopic (exact) mass is 333 g/mol. The van der Waals surface area contributed by atoms with E-state index in [-0.39, 0.29) is 5.75 Å². The number of hydrogen-bond acceptors (Lipinski definition) is 2. The maximum absolute atomic E-state index is 12.5. The van der Waals surface area contributed by atoms with Crippen molar-refractivity contribution in [2.75, 3.05) is 5.75 Å². The van der Waals surface area contributed by atoms with Gasteiger partial charge in [0.15, 0.2) is 9.84 Å². The normalized spacial score (nSPS) is 21.4. The van der Waals surface area contributed by atoms with Crippen LogP contribution in [-0.4, -0.2) is 14.2 Å². The van der Waals surface area contributed by atoms with Gasteiger partial charge in [0.05, 0.1) is 10.6 Å². The zero-order chi connectivity index (χ0) is 16.1. The molecule has 0 N–H and O–H groups in total. The van der Waals surface area contributed by atoms with Gasteiger partial charge in [0.2, 0.25) is 0 Å². The first-order valence-corrected chi connectivity index (χ1v) is 11.0. The van der Waals surface area contributed by atoms with Crippen molar-refractivity contribution >= 4 is 9.84 Å². The minimum atomic E-state index is -3.13. The van der Waals surface area contributed by atoms with Gasteiger partial charge in [-0.1, -0.05) is 50.7 Å². The van der Waals surface area contributed by atoms with Crippen LogP contribution in [0.25, 0.3) is 0 Å². The standard InChI is InChI=1S/C20H29O2S/c21-23(22,16-15-17-7-3-1-4-8-17)20-13-11-19(12-14-20)18-9-5-2-6-10-18/h11-14,18H,1-10,15-16H2. The number of rotatable bonds is 5. The molecule has 0 atom stereocenters. The van der Waals surface area contributed by atoms with Crippen LogP contribution < -0.4 is 0 Å². The van der Waals surface area contributed by atoms with Crippen LogP contribution in [0.5, 0.6) is 0 Å². The molecule has 2 fully saturated rings. The molecule has 3 rings (SSSR count). The Bertz CT molecular complexity index is 577. The number of sulfone groups is 1. The molecule has 0 saturated heterocycles. The van der Waals surface area contributed by atoms with Gasteiger partial charge in [0.1, 0.15) is 0 Å². The molecule has 1 aromatic rings. The van der Waals surface area contributed by atoms with Crippen molar-refractivity contribution in [1.29, 1.82) is 0 Å². The van der Waals surface area contributed by atoms with Crippen molar-refractivity contribution in [3.8, 4) is 0 Å². The molecular weight excluding hydrogens is 304 g/mol. The fraction of sp³-hybridized carbons (Fsp3) is 0.650. The minimum absolute atomic E-state index is 0.283. The molecule has 1 radical (unpaired) electrons. The minimum Gasteiger partial charge on any atom is -0.224 e. The maximum Gasteiger partial charge on any atom is 0.178 e. The van der Waals surface area contributed by atoms with E-state index in [0.29, 0.717) is 10.8 Å². The summed E-state index contributed by atoms with van der Waals surface area (Å²) >= 11 is 0. The van der Waals surface area contributed by atoms with E-state index in [1.807, 2.05) is 12.1 Å². The summed E-state index contributed by atoms with van der Waals surface area (Å²) in [4.78, 5) is 0.508. The summed E-state index contributed by atoms with van der Waals surface area (Å²) in [5.41, 5.74) is 1.32. The third kappa shape index (κ3) is 4.59. The van der Waals surface area contributed by atoms with Gasteiger partial charge >= 0.3 is 0 Å².